The number of carbonyl (C=O) groups is 4. The molecular weight excluding hydrogens is 548 g/mol. The zero-order valence-corrected chi connectivity index (χ0v) is 14.4. The summed E-state index contributed by atoms with van der Waals surface area (Å²) in [5.41, 5.74) is 0. The molecule has 0 bridgehead atoms. The van der Waals surface area contributed by atoms with Gasteiger partial charge in [-0.05, 0) is 0 Å². The SMILES string of the molecule is O=C(O)C(F)(F)F.O=C(O)C(F)(F)F.O=C(O)C(F)(F)F.O=C(O)C(F)(F)F.[Mo]. The Bertz CT molecular complexity index is 436. The standard InChI is InChI=1S/4C2HF3O2.Mo/c4*3-2(4,5)1(6)7;/h4*(H,6,7);. The number of carboxylic acid groups (broad SMARTS) is 4. The van der Waals surface area contributed by atoms with E-state index in [1.54, 1.807) is 0 Å². The van der Waals surface area contributed by atoms with Crippen molar-refractivity contribution in [1.29, 1.82) is 0 Å². The minimum Gasteiger partial charge on any atom is -0.475 e. The van der Waals surface area contributed by atoms with Gasteiger partial charge in [0.05, 0.1) is 0 Å². The summed E-state index contributed by atoms with van der Waals surface area (Å²) in [5, 5.41) is 28.5. The summed E-state index contributed by atoms with van der Waals surface area (Å²) in [6, 6.07) is 0. The first kappa shape index (κ1) is 37.5. The van der Waals surface area contributed by atoms with Gasteiger partial charge in [0, 0.05) is 21.1 Å². The molecule has 0 amide bonds. The third-order valence-corrected chi connectivity index (χ3v) is 0.970. The van der Waals surface area contributed by atoms with Crippen LogP contribution in [-0.2, 0) is 40.2 Å². The van der Waals surface area contributed by atoms with Crippen molar-refractivity contribution in [3.8, 4) is 0 Å². The number of hydrogen-bond donors (Lipinski definition) is 4. The van der Waals surface area contributed by atoms with Gasteiger partial charge in [-0.15, -0.1) is 0 Å². The summed E-state index contributed by atoms with van der Waals surface area (Å²) in [5.74, 6) is -11.0. The molecule has 8 nitrogen and oxygen atoms in total. The van der Waals surface area contributed by atoms with Gasteiger partial charge < -0.3 is 20.4 Å². The largest absolute Gasteiger partial charge is 0.490 e. The molecule has 174 valence electrons. The maximum Gasteiger partial charge on any atom is 0.490 e. The number of alkyl halides is 12. The van der Waals surface area contributed by atoms with Gasteiger partial charge in [0.25, 0.3) is 0 Å². The van der Waals surface area contributed by atoms with Crippen LogP contribution in [0.2, 0.25) is 0 Å². The predicted octanol–water partition coefficient (Wildman–Crippen LogP) is 2.53. The Hall–Kier alpha value is -2.27. The maximum atomic E-state index is 10.6. The smallest absolute Gasteiger partial charge is 0.475 e. The molecule has 0 aromatic carbocycles. The van der Waals surface area contributed by atoms with Gasteiger partial charge in [0.2, 0.25) is 0 Å². The van der Waals surface area contributed by atoms with Gasteiger partial charge in [-0.2, -0.15) is 52.7 Å². The molecule has 0 atom stereocenters. The van der Waals surface area contributed by atoms with Crippen molar-refractivity contribution in [1.82, 2.24) is 0 Å². The fraction of sp³-hybridized carbons (Fsp3) is 0.500. The zero-order valence-electron chi connectivity index (χ0n) is 12.4. The maximum absolute atomic E-state index is 10.6. The van der Waals surface area contributed by atoms with Crippen molar-refractivity contribution < 1.29 is 113 Å². The molecule has 29 heavy (non-hydrogen) atoms. The van der Waals surface area contributed by atoms with Crippen LogP contribution in [-0.4, -0.2) is 69.0 Å². The van der Waals surface area contributed by atoms with Crippen LogP contribution in [0.1, 0.15) is 0 Å². The van der Waals surface area contributed by atoms with Crippen LogP contribution >= 0.6 is 0 Å². The fourth-order valence-electron chi connectivity index (χ4n) is 0. The van der Waals surface area contributed by atoms with E-state index in [9.17, 15) is 52.7 Å². The third-order valence-electron chi connectivity index (χ3n) is 0.970. The van der Waals surface area contributed by atoms with E-state index in [1.807, 2.05) is 0 Å². The average molecular weight is 552 g/mol. The Morgan fingerprint density at radius 1 is 0.379 bits per heavy atom. The normalized spacial score (nSPS) is 10.9. The molecule has 0 saturated carbocycles. The zero-order chi connectivity index (χ0) is 24.3. The molecule has 0 rings (SSSR count). The molecular formula is C8H4F12MoO8. The summed E-state index contributed by atoms with van der Waals surface area (Å²) in [6.07, 6.45) is -20.3. The monoisotopic (exact) mass is 554 g/mol. The van der Waals surface area contributed by atoms with Crippen LogP contribution in [0.25, 0.3) is 0 Å². The van der Waals surface area contributed by atoms with Crippen LogP contribution in [0.15, 0.2) is 0 Å². The van der Waals surface area contributed by atoms with E-state index < -0.39 is 48.6 Å². The molecule has 0 saturated heterocycles. The first-order valence-corrected chi connectivity index (χ1v) is 4.98. The Labute approximate surface area is 163 Å². The van der Waals surface area contributed by atoms with Crippen molar-refractivity contribution in [2.45, 2.75) is 24.7 Å². The number of carboxylic acids is 4. The number of halogens is 12. The summed E-state index contributed by atoms with van der Waals surface area (Å²) in [4.78, 5) is 35.6. The van der Waals surface area contributed by atoms with E-state index in [-0.39, 0.29) is 21.1 Å². The summed E-state index contributed by atoms with van der Waals surface area (Å²) < 4.78 is 127. The summed E-state index contributed by atoms with van der Waals surface area (Å²) in [7, 11) is 0. The molecule has 0 aliphatic rings. The third kappa shape index (κ3) is 30.7. The Morgan fingerprint density at radius 2 is 0.414 bits per heavy atom. The topological polar surface area (TPSA) is 149 Å². The Balaban J connectivity index is -0.0000000873. The van der Waals surface area contributed by atoms with Crippen LogP contribution in [0, 0.1) is 0 Å². The summed E-state index contributed by atoms with van der Waals surface area (Å²) >= 11 is 0. The predicted molar refractivity (Wildman–Crippen MR) is 54.8 cm³/mol. The van der Waals surface area contributed by atoms with Gasteiger partial charge in [-0.3, -0.25) is 0 Å². The molecule has 0 fully saturated rings. The van der Waals surface area contributed by atoms with Crippen LogP contribution in [0.4, 0.5) is 52.7 Å². The molecule has 0 aromatic rings. The van der Waals surface area contributed by atoms with Crippen molar-refractivity contribution in [2.75, 3.05) is 0 Å². The minimum atomic E-state index is -5.08. The first-order chi connectivity index (χ1) is 11.8. The van der Waals surface area contributed by atoms with E-state index in [2.05, 4.69) is 0 Å². The molecule has 0 unspecified atom stereocenters. The van der Waals surface area contributed by atoms with Gasteiger partial charge in [-0.25, -0.2) is 19.2 Å². The van der Waals surface area contributed by atoms with Crippen LogP contribution < -0.4 is 0 Å². The molecule has 0 aliphatic heterocycles. The van der Waals surface area contributed by atoms with Crippen LogP contribution in [0.3, 0.4) is 0 Å². The molecule has 21 heteroatoms. The van der Waals surface area contributed by atoms with Gasteiger partial charge in [0.15, 0.2) is 0 Å². The van der Waals surface area contributed by atoms with Gasteiger partial charge in [-0.1, -0.05) is 0 Å². The van der Waals surface area contributed by atoms with Gasteiger partial charge in [0.1, 0.15) is 0 Å². The van der Waals surface area contributed by atoms with Crippen molar-refractivity contribution in [3.05, 3.63) is 0 Å². The second-order valence-electron chi connectivity index (χ2n) is 3.21. The fourth-order valence-corrected chi connectivity index (χ4v) is 0. The molecule has 0 aromatic heterocycles. The Morgan fingerprint density at radius 3 is 0.414 bits per heavy atom. The second-order valence-corrected chi connectivity index (χ2v) is 3.21. The molecule has 0 radical (unpaired) electrons. The van der Waals surface area contributed by atoms with E-state index in [0.29, 0.717) is 0 Å². The van der Waals surface area contributed by atoms with Crippen molar-refractivity contribution >= 4 is 23.9 Å². The minimum absolute atomic E-state index is 0. The number of rotatable bonds is 0. The summed E-state index contributed by atoms with van der Waals surface area (Å²) in [6.45, 7) is 0. The molecule has 0 aliphatic carbocycles. The van der Waals surface area contributed by atoms with E-state index >= 15 is 0 Å². The number of hydrogen-bond acceptors (Lipinski definition) is 4. The Kier molecular flexibility index (Phi) is 17.9. The van der Waals surface area contributed by atoms with Crippen molar-refractivity contribution in [2.24, 2.45) is 0 Å². The molecule has 0 heterocycles. The quantitative estimate of drug-likeness (QED) is 0.265. The molecule has 0 spiro atoms. The van der Waals surface area contributed by atoms with Crippen molar-refractivity contribution in [3.63, 3.8) is 0 Å². The molecule has 4 N–H and O–H groups in total. The van der Waals surface area contributed by atoms with E-state index in [1.165, 1.54) is 0 Å². The second kappa shape index (κ2) is 13.8. The average Bonchev–Trinajstić information content (AvgIpc) is 2.35. The van der Waals surface area contributed by atoms with Gasteiger partial charge >= 0.3 is 48.6 Å². The number of aliphatic carboxylic acids is 4. The van der Waals surface area contributed by atoms with E-state index in [4.69, 9.17) is 39.6 Å². The van der Waals surface area contributed by atoms with E-state index in [0.717, 1.165) is 0 Å². The van der Waals surface area contributed by atoms with Crippen LogP contribution in [0.5, 0.6) is 0 Å². The first-order valence-electron chi connectivity index (χ1n) is 4.98.